The Morgan fingerprint density at radius 2 is 2.04 bits per heavy atom. The van der Waals surface area contributed by atoms with E-state index in [0.29, 0.717) is 9.90 Å². The van der Waals surface area contributed by atoms with Gasteiger partial charge in [0.2, 0.25) is 0 Å². The number of rotatable bonds is 5. The number of hydrogen-bond acceptors (Lipinski definition) is 6. The van der Waals surface area contributed by atoms with E-state index < -0.39 is 26.8 Å². The zero-order valence-electron chi connectivity index (χ0n) is 13.2. The fourth-order valence-electron chi connectivity index (χ4n) is 2.02. The van der Waals surface area contributed by atoms with Crippen LogP contribution in [0.1, 0.15) is 28.3 Å². The van der Waals surface area contributed by atoms with Gasteiger partial charge in [0.1, 0.15) is 15.4 Å². The Labute approximate surface area is 147 Å². The van der Waals surface area contributed by atoms with Crippen molar-refractivity contribution in [3.05, 3.63) is 40.7 Å². The Morgan fingerprint density at radius 3 is 2.54 bits per heavy atom. The van der Waals surface area contributed by atoms with Gasteiger partial charge in [-0.05, 0) is 24.8 Å². The van der Waals surface area contributed by atoms with E-state index in [4.69, 9.17) is 0 Å². The largest absolute Gasteiger partial charge is 0.433 e. The van der Waals surface area contributed by atoms with Crippen LogP contribution in [0.25, 0.3) is 0 Å². The molecule has 2 aromatic rings. The van der Waals surface area contributed by atoms with Crippen LogP contribution in [0.5, 0.6) is 0 Å². The zero-order chi connectivity index (χ0) is 18.0. The summed E-state index contributed by atoms with van der Waals surface area (Å²) >= 11 is 2.94. The topological polar surface area (TPSA) is 55.2 Å². The van der Waals surface area contributed by atoms with Gasteiger partial charge in [-0.1, -0.05) is 6.07 Å². The lowest BCUT2D eigenvalue weighted by Crippen LogP contribution is -2.12. The van der Waals surface area contributed by atoms with E-state index in [1.165, 1.54) is 24.5 Å². The van der Waals surface area contributed by atoms with Crippen molar-refractivity contribution >= 4 is 32.8 Å². The number of pyridine rings is 1. The highest BCUT2D eigenvalue weighted by molar-refractivity contribution is 7.98. The molecular formula is C14H16F3N3OS3. The van der Waals surface area contributed by atoms with Crippen LogP contribution in [0, 0.1) is 0 Å². The van der Waals surface area contributed by atoms with Crippen molar-refractivity contribution in [3.8, 4) is 0 Å². The highest BCUT2D eigenvalue weighted by Gasteiger charge is 2.33. The second-order valence-corrected chi connectivity index (χ2v) is 9.73. The summed E-state index contributed by atoms with van der Waals surface area (Å²) in [5, 5.41) is -0.620. The smallest absolute Gasteiger partial charge is 0.251 e. The van der Waals surface area contributed by atoms with Gasteiger partial charge < -0.3 is 0 Å². The average Bonchev–Trinajstić information content (AvgIpc) is 3.02. The Bertz CT molecular complexity index is 809. The first-order valence-corrected chi connectivity index (χ1v) is 10.6. The molecule has 0 aliphatic carbocycles. The summed E-state index contributed by atoms with van der Waals surface area (Å²) in [6.07, 6.45) is 0.228. The lowest BCUT2D eigenvalue weighted by Gasteiger charge is -2.16. The predicted octanol–water partition coefficient (Wildman–Crippen LogP) is 4.64. The summed E-state index contributed by atoms with van der Waals surface area (Å²) < 4.78 is 55.5. The van der Waals surface area contributed by atoms with Gasteiger partial charge in [-0.15, -0.1) is 11.3 Å². The van der Waals surface area contributed by atoms with Crippen LogP contribution >= 0.6 is 23.1 Å². The summed E-state index contributed by atoms with van der Waals surface area (Å²) in [5.74, 6) is 0.757. The maximum Gasteiger partial charge on any atom is 0.433 e. The fraction of sp³-hybridized carbons (Fsp3) is 0.429. The summed E-state index contributed by atoms with van der Waals surface area (Å²) in [7, 11) is -1.44. The Kier molecular flexibility index (Phi) is 5.92. The molecule has 132 valence electrons. The summed E-state index contributed by atoms with van der Waals surface area (Å²) in [4.78, 5) is 8.63. The summed E-state index contributed by atoms with van der Waals surface area (Å²) in [6, 6.07) is 2.18. The maximum absolute atomic E-state index is 13.3. The molecular weight excluding hydrogens is 379 g/mol. The number of halogens is 3. The molecule has 0 aliphatic heterocycles. The van der Waals surface area contributed by atoms with Crippen LogP contribution < -0.4 is 0 Å². The van der Waals surface area contributed by atoms with Gasteiger partial charge in [0, 0.05) is 30.1 Å². The predicted molar refractivity (Wildman–Crippen MR) is 91.7 cm³/mol. The molecule has 0 amide bonds. The van der Waals surface area contributed by atoms with Gasteiger partial charge in [0.05, 0.1) is 5.25 Å². The lowest BCUT2D eigenvalue weighted by molar-refractivity contribution is -0.141. The van der Waals surface area contributed by atoms with Crippen molar-refractivity contribution in [1.29, 1.82) is 0 Å². The highest BCUT2D eigenvalue weighted by atomic mass is 32.2. The number of hydrogen-bond donors (Lipinski definition) is 0. The zero-order valence-corrected chi connectivity index (χ0v) is 15.7. The maximum atomic E-state index is 13.3. The Balaban J connectivity index is 2.37. The standard InChI is InChI=1S/C14H16F3N3OS3/c1-9(10-4-5-12(19-6-10)14(15,16)17)24(21,18-2)13-20-7-11(23-13)8-22-3/h4-7,9H,8H2,1-3H3. The third-order valence-electron chi connectivity index (χ3n) is 3.37. The molecule has 0 saturated heterocycles. The highest BCUT2D eigenvalue weighted by Crippen LogP contribution is 2.34. The Hall–Kier alpha value is -1.13. The van der Waals surface area contributed by atoms with Crippen molar-refractivity contribution in [1.82, 2.24) is 9.97 Å². The minimum atomic E-state index is -4.50. The first kappa shape index (κ1) is 19.2. The summed E-state index contributed by atoms with van der Waals surface area (Å²) in [6.45, 7) is 1.66. The quantitative estimate of drug-likeness (QED) is 0.740. The molecule has 2 unspecified atom stereocenters. The van der Waals surface area contributed by atoms with Crippen LogP contribution in [0.2, 0.25) is 0 Å². The first-order valence-electron chi connectivity index (χ1n) is 6.83. The van der Waals surface area contributed by atoms with Crippen LogP contribution in [0.4, 0.5) is 13.2 Å². The second kappa shape index (κ2) is 7.40. The van der Waals surface area contributed by atoms with E-state index >= 15 is 0 Å². The normalized spacial score (nSPS) is 15.8. The molecule has 0 saturated carbocycles. The van der Waals surface area contributed by atoms with E-state index in [1.54, 1.807) is 24.9 Å². The molecule has 0 spiro atoms. The van der Waals surface area contributed by atoms with Crippen molar-refractivity contribution in [2.45, 2.75) is 28.4 Å². The molecule has 0 bridgehead atoms. The van der Waals surface area contributed by atoms with E-state index in [0.717, 1.165) is 22.9 Å². The van der Waals surface area contributed by atoms with Gasteiger partial charge >= 0.3 is 6.18 Å². The van der Waals surface area contributed by atoms with E-state index in [2.05, 4.69) is 14.3 Å². The number of thiazole rings is 1. The van der Waals surface area contributed by atoms with Gasteiger partial charge in [-0.3, -0.25) is 4.98 Å². The number of nitrogens with zero attached hydrogens (tertiary/aromatic N) is 3. The molecule has 0 radical (unpaired) electrons. The molecule has 2 aromatic heterocycles. The minimum Gasteiger partial charge on any atom is -0.251 e. The summed E-state index contributed by atoms with van der Waals surface area (Å²) in [5.41, 5.74) is -0.546. The van der Waals surface area contributed by atoms with Crippen molar-refractivity contribution < 1.29 is 17.4 Å². The van der Waals surface area contributed by atoms with Crippen LogP contribution in [-0.2, 0) is 21.7 Å². The van der Waals surface area contributed by atoms with Crippen LogP contribution in [-0.4, -0.2) is 27.5 Å². The van der Waals surface area contributed by atoms with Crippen LogP contribution in [0.15, 0.2) is 33.2 Å². The molecule has 2 rings (SSSR count). The molecule has 2 heterocycles. The molecule has 2 atom stereocenters. The van der Waals surface area contributed by atoms with Crippen molar-refractivity contribution in [3.63, 3.8) is 0 Å². The molecule has 0 aromatic carbocycles. The monoisotopic (exact) mass is 395 g/mol. The third-order valence-corrected chi connectivity index (χ3v) is 8.29. The molecule has 0 fully saturated rings. The molecule has 0 aliphatic rings. The fourth-order valence-corrected chi connectivity index (χ4v) is 6.34. The van der Waals surface area contributed by atoms with Gasteiger partial charge in [0.25, 0.3) is 0 Å². The van der Waals surface area contributed by atoms with Gasteiger partial charge in [-0.25, -0.2) is 13.6 Å². The van der Waals surface area contributed by atoms with Gasteiger partial charge in [-0.2, -0.15) is 24.9 Å². The second-order valence-electron chi connectivity index (χ2n) is 4.89. The SMILES string of the molecule is CN=S(=O)(c1ncc(CSC)s1)C(C)c1ccc(C(F)(F)F)nc1. The molecule has 10 heteroatoms. The molecule has 24 heavy (non-hydrogen) atoms. The molecule has 0 N–H and O–H groups in total. The lowest BCUT2D eigenvalue weighted by atomic mass is 10.2. The van der Waals surface area contributed by atoms with Crippen LogP contribution in [0.3, 0.4) is 0 Å². The third kappa shape index (κ3) is 3.92. The molecule has 4 nitrogen and oxygen atoms in total. The number of aromatic nitrogens is 2. The van der Waals surface area contributed by atoms with E-state index in [9.17, 15) is 17.4 Å². The number of alkyl halides is 3. The van der Waals surface area contributed by atoms with Crippen molar-refractivity contribution in [2.24, 2.45) is 4.36 Å². The van der Waals surface area contributed by atoms with E-state index in [-0.39, 0.29) is 0 Å². The minimum absolute atomic E-state index is 0.390. The Morgan fingerprint density at radius 1 is 1.33 bits per heavy atom. The number of thioether (sulfide) groups is 1. The average molecular weight is 395 g/mol. The van der Waals surface area contributed by atoms with E-state index in [1.807, 2.05) is 6.26 Å². The van der Waals surface area contributed by atoms with Gasteiger partial charge in [0.15, 0.2) is 4.34 Å². The first-order chi connectivity index (χ1) is 11.2. The van der Waals surface area contributed by atoms with Crippen molar-refractivity contribution in [2.75, 3.05) is 13.3 Å².